The Kier molecular flexibility index (Phi) is 4.40. The predicted molar refractivity (Wildman–Crippen MR) is 82.3 cm³/mol. The van der Waals surface area contributed by atoms with Crippen LogP contribution in [0.5, 0.6) is 5.75 Å². The fourth-order valence-electron chi connectivity index (χ4n) is 2.74. The summed E-state index contributed by atoms with van der Waals surface area (Å²) >= 11 is 0. The lowest BCUT2D eigenvalue weighted by molar-refractivity contribution is 0.404. The first kappa shape index (κ1) is 14.5. The van der Waals surface area contributed by atoms with Gasteiger partial charge in [0.05, 0.1) is 13.2 Å². The van der Waals surface area contributed by atoms with E-state index in [1.54, 1.807) is 7.11 Å². The first-order valence-electron chi connectivity index (χ1n) is 6.82. The molecule has 0 saturated heterocycles. The summed E-state index contributed by atoms with van der Waals surface area (Å²) in [6.07, 6.45) is 1.82. The SMILES string of the molecule is CNC(c1cccnc1C)c1c(C)cc(C)cc1OC. The van der Waals surface area contributed by atoms with E-state index in [0.29, 0.717) is 0 Å². The van der Waals surface area contributed by atoms with Gasteiger partial charge in [-0.3, -0.25) is 4.98 Å². The normalized spacial score (nSPS) is 12.2. The van der Waals surface area contributed by atoms with Crippen LogP contribution in [0.4, 0.5) is 0 Å². The van der Waals surface area contributed by atoms with Gasteiger partial charge in [-0.1, -0.05) is 12.1 Å². The standard InChI is InChI=1S/C17H22N2O/c1-11-9-12(2)16(15(10-11)20-5)17(18-4)14-7-6-8-19-13(14)3/h6-10,17-18H,1-5H3. The van der Waals surface area contributed by atoms with Gasteiger partial charge in [0.2, 0.25) is 0 Å². The number of pyridine rings is 1. The average Bonchev–Trinajstić information content (AvgIpc) is 2.43. The van der Waals surface area contributed by atoms with Crippen molar-refractivity contribution in [1.82, 2.24) is 10.3 Å². The van der Waals surface area contributed by atoms with Crippen molar-refractivity contribution in [3.63, 3.8) is 0 Å². The van der Waals surface area contributed by atoms with Crippen molar-refractivity contribution in [3.05, 3.63) is 58.4 Å². The highest BCUT2D eigenvalue weighted by Crippen LogP contribution is 2.34. The number of hydrogen-bond acceptors (Lipinski definition) is 3. The van der Waals surface area contributed by atoms with E-state index in [9.17, 15) is 0 Å². The van der Waals surface area contributed by atoms with Crippen LogP contribution in [0.1, 0.15) is 34.0 Å². The molecule has 1 atom stereocenters. The summed E-state index contributed by atoms with van der Waals surface area (Å²) in [4.78, 5) is 4.40. The zero-order valence-electron chi connectivity index (χ0n) is 12.8. The van der Waals surface area contributed by atoms with Gasteiger partial charge in [0.25, 0.3) is 0 Å². The molecule has 0 saturated carbocycles. The Morgan fingerprint density at radius 1 is 1.20 bits per heavy atom. The molecule has 2 rings (SSSR count). The third kappa shape index (κ3) is 2.68. The highest BCUT2D eigenvalue weighted by molar-refractivity contribution is 5.49. The maximum atomic E-state index is 5.59. The Hall–Kier alpha value is -1.87. The van der Waals surface area contributed by atoms with Gasteiger partial charge in [-0.25, -0.2) is 0 Å². The molecule has 1 unspecified atom stereocenters. The molecule has 3 nitrogen and oxygen atoms in total. The monoisotopic (exact) mass is 270 g/mol. The third-order valence-electron chi connectivity index (χ3n) is 3.65. The summed E-state index contributed by atoms with van der Waals surface area (Å²) in [5, 5.41) is 3.39. The van der Waals surface area contributed by atoms with Crippen LogP contribution >= 0.6 is 0 Å². The third-order valence-corrected chi connectivity index (χ3v) is 3.65. The van der Waals surface area contributed by atoms with E-state index in [0.717, 1.165) is 11.4 Å². The zero-order chi connectivity index (χ0) is 14.7. The number of benzene rings is 1. The van der Waals surface area contributed by atoms with Crippen LogP contribution in [-0.2, 0) is 0 Å². The molecule has 2 aromatic rings. The summed E-state index contributed by atoms with van der Waals surface area (Å²) in [6, 6.07) is 8.44. The molecule has 1 aromatic carbocycles. The zero-order valence-corrected chi connectivity index (χ0v) is 12.8. The van der Waals surface area contributed by atoms with Crippen molar-refractivity contribution >= 4 is 0 Å². The van der Waals surface area contributed by atoms with Gasteiger partial charge >= 0.3 is 0 Å². The maximum Gasteiger partial charge on any atom is 0.124 e. The molecule has 106 valence electrons. The molecule has 3 heteroatoms. The Bertz CT molecular complexity index is 608. The van der Waals surface area contributed by atoms with E-state index in [2.05, 4.69) is 42.3 Å². The molecule has 0 aliphatic carbocycles. The van der Waals surface area contributed by atoms with Gasteiger partial charge in [0, 0.05) is 17.5 Å². The quantitative estimate of drug-likeness (QED) is 0.925. The van der Waals surface area contributed by atoms with Crippen molar-refractivity contribution < 1.29 is 4.74 Å². The number of hydrogen-bond donors (Lipinski definition) is 1. The van der Waals surface area contributed by atoms with Crippen LogP contribution < -0.4 is 10.1 Å². The summed E-state index contributed by atoms with van der Waals surface area (Å²) < 4.78 is 5.59. The van der Waals surface area contributed by atoms with Crippen LogP contribution in [0.2, 0.25) is 0 Å². The molecule has 0 aliphatic heterocycles. The minimum absolute atomic E-state index is 0.0826. The maximum absolute atomic E-state index is 5.59. The fraction of sp³-hybridized carbons (Fsp3) is 0.353. The van der Waals surface area contributed by atoms with Crippen molar-refractivity contribution in [2.45, 2.75) is 26.8 Å². The smallest absolute Gasteiger partial charge is 0.124 e. The van der Waals surface area contributed by atoms with Gasteiger partial charge in [-0.2, -0.15) is 0 Å². The summed E-state index contributed by atoms with van der Waals surface area (Å²) in [7, 11) is 3.69. The molecular weight excluding hydrogens is 248 g/mol. The molecule has 0 bridgehead atoms. The number of rotatable bonds is 4. The van der Waals surface area contributed by atoms with Gasteiger partial charge < -0.3 is 10.1 Å². The van der Waals surface area contributed by atoms with E-state index >= 15 is 0 Å². The van der Waals surface area contributed by atoms with Crippen molar-refractivity contribution in [2.24, 2.45) is 0 Å². The molecule has 0 amide bonds. The van der Waals surface area contributed by atoms with Gasteiger partial charge in [-0.05, 0) is 56.6 Å². The van der Waals surface area contributed by atoms with Crippen LogP contribution in [0, 0.1) is 20.8 Å². The predicted octanol–water partition coefficient (Wildman–Crippen LogP) is 3.32. The lowest BCUT2D eigenvalue weighted by atomic mass is 9.92. The fourth-order valence-corrected chi connectivity index (χ4v) is 2.74. The van der Waals surface area contributed by atoms with E-state index in [-0.39, 0.29) is 6.04 Å². The Labute approximate surface area is 121 Å². The Balaban J connectivity index is 2.61. The molecule has 1 N–H and O–H groups in total. The number of methoxy groups -OCH3 is 1. The highest BCUT2D eigenvalue weighted by Gasteiger charge is 2.21. The van der Waals surface area contributed by atoms with Crippen molar-refractivity contribution in [1.29, 1.82) is 0 Å². The highest BCUT2D eigenvalue weighted by atomic mass is 16.5. The van der Waals surface area contributed by atoms with Crippen molar-refractivity contribution in [3.8, 4) is 5.75 Å². The first-order chi connectivity index (χ1) is 9.58. The lowest BCUT2D eigenvalue weighted by Crippen LogP contribution is -2.21. The van der Waals surface area contributed by atoms with E-state index < -0.39 is 0 Å². The molecule has 0 aliphatic rings. The minimum atomic E-state index is 0.0826. The number of nitrogens with zero attached hydrogens (tertiary/aromatic N) is 1. The molecule has 0 spiro atoms. The summed E-state index contributed by atoms with van der Waals surface area (Å²) in [5.41, 5.74) is 5.83. The number of aryl methyl sites for hydroxylation is 3. The van der Waals surface area contributed by atoms with E-state index in [1.807, 2.05) is 26.2 Å². The largest absolute Gasteiger partial charge is 0.496 e. The van der Waals surface area contributed by atoms with Gasteiger partial charge in [0.1, 0.15) is 5.75 Å². The van der Waals surface area contributed by atoms with Crippen LogP contribution in [0.3, 0.4) is 0 Å². The molecular formula is C17H22N2O. The lowest BCUT2D eigenvalue weighted by Gasteiger charge is -2.23. The van der Waals surface area contributed by atoms with Crippen LogP contribution in [0.25, 0.3) is 0 Å². The molecule has 1 heterocycles. The van der Waals surface area contributed by atoms with Crippen molar-refractivity contribution in [2.75, 3.05) is 14.2 Å². The number of aromatic nitrogens is 1. The summed E-state index contributed by atoms with van der Waals surface area (Å²) in [5.74, 6) is 0.921. The topological polar surface area (TPSA) is 34.2 Å². The van der Waals surface area contributed by atoms with Crippen LogP contribution in [-0.4, -0.2) is 19.1 Å². The molecule has 0 radical (unpaired) electrons. The summed E-state index contributed by atoms with van der Waals surface area (Å²) in [6.45, 7) is 6.25. The second kappa shape index (κ2) is 6.06. The van der Waals surface area contributed by atoms with Gasteiger partial charge in [0.15, 0.2) is 0 Å². The van der Waals surface area contributed by atoms with E-state index in [4.69, 9.17) is 4.74 Å². The number of nitrogens with one attached hydrogen (secondary N) is 1. The second-order valence-electron chi connectivity index (χ2n) is 5.10. The number of ether oxygens (including phenoxy) is 1. The van der Waals surface area contributed by atoms with E-state index in [1.165, 1.54) is 22.3 Å². The molecule has 0 fully saturated rings. The first-order valence-corrected chi connectivity index (χ1v) is 6.82. The minimum Gasteiger partial charge on any atom is -0.496 e. The van der Waals surface area contributed by atoms with Gasteiger partial charge in [-0.15, -0.1) is 0 Å². The Morgan fingerprint density at radius 3 is 2.55 bits per heavy atom. The van der Waals surface area contributed by atoms with Crippen LogP contribution in [0.15, 0.2) is 30.5 Å². The molecule has 1 aromatic heterocycles. The Morgan fingerprint density at radius 2 is 1.95 bits per heavy atom. The second-order valence-corrected chi connectivity index (χ2v) is 5.10. The average molecular weight is 270 g/mol. The molecule has 20 heavy (non-hydrogen) atoms.